The Bertz CT molecular complexity index is 711. The van der Waals surface area contributed by atoms with Crippen LogP contribution >= 0.6 is 11.6 Å². The fraction of sp³-hybridized carbons (Fsp3) is 0.312. The lowest BCUT2D eigenvalue weighted by Gasteiger charge is -2.18. The van der Waals surface area contributed by atoms with Gasteiger partial charge in [-0.1, -0.05) is 38.4 Å². The SMILES string of the molecule is Cc1ccc(C#N)cc1Nc1cc(Cl)nc(C(C)(C)C)n1. The lowest BCUT2D eigenvalue weighted by atomic mass is 9.96. The number of benzene rings is 1. The number of nitrogens with one attached hydrogen (secondary N) is 1. The van der Waals surface area contributed by atoms with Crippen molar-refractivity contribution in [2.45, 2.75) is 33.1 Å². The fourth-order valence-corrected chi connectivity index (χ4v) is 1.96. The van der Waals surface area contributed by atoms with E-state index in [1.54, 1.807) is 18.2 Å². The molecule has 0 unspecified atom stereocenters. The van der Waals surface area contributed by atoms with Crippen molar-refractivity contribution in [2.75, 3.05) is 5.32 Å². The van der Waals surface area contributed by atoms with E-state index in [0.717, 1.165) is 11.3 Å². The monoisotopic (exact) mass is 300 g/mol. The van der Waals surface area contributed by atoms with Crippen molar-refractivity contribution in [3.05, 3.63) is 46.4 Å². The molecule has 0 bridgehead atoms. The van der Waals surface area contributed by atoms with Crippen LogP contribution in [0.3, 0.4) is 0 Å². The van der Waals surface area contributed by atoms with Crippen LogP contribution in [0.1, 0.15) is 37.7 Å². The van der Waals surface area contributed by atoms with Crippen LogP contribution < -0.4 is 5.32 Å². The molecule has 0 aliphatic rings. The van der Waals surface area contributed by atoms with Crippen LogP contribution in [0.15, 0.2) is 24.3 Å². The molecule has 1 aromatic heterocycles. The van der Waals surface area contributed by atoms with Gasteiger partial charge in [-0.15, -0.1) is 0 Å². The van der Waals surface area contributed by atoms with Gasteiger partial charge in [0.2, 0.25) is 0 Å². The summed E-state index contributed by atoms with van der Waals surface area (Å²) in [5.41, 5.74) is 2.27. The number of rotatable bonds is 2. The molecule has 2 rings (SSSR count). The van der Waals surface area contributed by atoms with Gasteiger partial charge in [0, 0.05) is 17.2 Å². The molecular weight excluding hydrogens is 284 g/mol. The molecule has 0 fully saturated rings. The molecule has 0 spiro atoms. The zero-order chi connectivity index (χ0) is 15.6. The first-order valence-electron chi connectivity index (χ1n) is 6.62. The summed E-state index contributed by atoms with van der Waals surface area (Å²) in [6, 6.07) is 9.28. The molecule has 4 nitrogen and oxygen atoms in total. The Labute approximate surface area is 129 Å². The molecule has 1 N–H and O–H groups in total. The second kappa shape index (κ2) is 5.71. The van der Waals surface area contributed by atoms with Gasteiger partial charge in [0.25, 0.3) is 0 Å². The van der Waals surface area contributed by atoms with Crippen molar-refractivity contribution in [3.63, 3.8) is 0 Å². The van der Waals surface area contributed by atoms with Crippen molar-refractivity contribution < 1.29 is 0 Å². The third kappa shape index (κ3) is 3.71. The second-order valence-corrected chi connectivity index (χ2v) is 6.30. The van der Waals surface area contributed by atoms with E-state index in [1.165, 1.54) is 0 Å². The summed E-state index contributed by atoms with van der Waals surface area (Å²) in [5, 5.41) is 12.6. The number of halogens is 1. The normalized spacial score (nSPS) is 11.0. The third-order valence-electron chi connectivity index (χ3n) is 3.00. The average molecular weight is 301 g/mol. The van der Waals surface area contributed by atoms with Gasteiger partial charge in [-0.05, 0) is 24.6 Å². The summed E-state index contributed by atoms with van der Waals surface area (Å²) in [5.74, 6) is 1.30. The van der Waals surface area contributed by atoms with E-state index in [1.807, 2.05) is 33.8 Å². The molecule has 108 valence electrons. The van der Waals surface area contributed by atoms with Crippen LogP contribution in [0.25, 0.3) is 0 Å². The van der Waals surface area contributed by atoms with Gasteiger partial charge in [0.05, 0.1) is 11.6 Å². The van der Waals surface area contributed by atoms with Crippen LogP contribution in [0.5, 0.6) is 0 Å². The first kappa shape index (κ1) is 15.3. The number of nitriles is 1. The average Bonchev–Trinajstić information content (AvgIpc) is 2.39. The maximum Gasteiger partial charge on any atom is 0.137 e. The van der Waals surface area contributed by atoms with E-state index < -0.39 is 0 Å². The van der Waals surface area contributed by atoms with Crippen molar-refractivity contribution in [2.24, 2.45) is 0 Å². The molecular formula is C16H17ClN4. The van der Waals surface area contributed by atoms with Crippen molar-refractivity contribution in [1.29, 1.82) is 5.26 Å². The Morgan fingerprint density at radius 2 is 1.90 bits per heavy atom. The molecule has 1 heterocycles. The number of aryl methyl sites for hydroxylation is 1. The first-order valence-corrected chi connectivity index (χ1v) is 7.00. The van der Waals surface area contributed by atoms with E-state index in [0.29, 0.717) is 22.4 Å². The minimum absolute atomic E-state index is 0.190. The van der Waals surface area contributed by atoms with E-state index in [4.69, 9.17) is 16.9 Å². The topological polar surface area (TPSA) is 61.6 Å². The van der Waals surface area contributed by atoms with E-state index in [2.05, 4.69) is 21.4 Å². The second-order valence-electron chi connectivity index (χ2n) is 5.92. The van der Waals surface area contributed by atoms with Gasteiger partial charge in [-0.3, -0.25) is 0 Å². The van der Waals surface area contributed by atoms with Crippen LogP contribution in [0, 0.1) is 18.3 Å². The van der Waals surface area contributed by atoms with Gasteiger partial charge in [0.1, 0.15) is 16.8 Å². The third-order valence-corrected chi connectivity index (χ3v) is 3.19. The van der Waals surface area contributed by atoms with E-state index in [9.17, 15) is 0 Å². The number of hydrogen-bond acceptors (Lipinski definition) is 4. The predicted molar refractivity (Wildman–Crippen MR) is 84.9 cm³/mol. The molecule has 21 heavy (non-hydrogen) atoms. The van der Waals surface area contributed by atoms with Crippen LogP contribution in [0.2, 0.25) is 5.15 Å². The van der Waals surface area contributed by atoms with Gasteiger partial charge in [0.15, 0.2) is 0 Å². The highest BCUT2D eigenvalue weighted by molar-refractivity contribution is 6.29. The Morgan fingerprint density at radius 1 is 1.19 bits per heavy atom. The minimum atomic E-state index is -0.190. The number of nitrogens with zero attached hydrogens (tertiary/aromatic N) is 3. The van der Waals surface area contributed by atoms with Gasteiger partial charge in [-0.2, -0.15) is 5.26 Å². The van der Waals surface area contributed by atoms with Gasteiger partial charge >= 0.3 is 0 Å². The highest BCUT2D eigenvalue weighted by Crippen LogP contribution is 2.25. The summed E-state index contributed by atoms with van der Waals surface area (Å²) in [7, 11) is 0. The summed E-state index contributed by atoms with van der Waals surface area (Å²) in [6.07, 6.45) is 0. The largest absolute Gasteiger partial charge is 0.340 e. The standard InChI is InChI=1S/C16H17ClN4/c1-10-5-6-11(9-18)7-12(10)19-14-8-13(17)20-15(21-14)16(2,3)4/h5-8H,1-4H3,(H,19,20,21). The molecule has 0 saturated heterocycles. The summed E-state index contributed by atoms with van der Waals surface area (Å²) in [6.45, 7) is 8.06. The van der Waals surface area contributed by atoms with Crippen LogP contribution in [0.4, 0.5) is 11.5 Å². The van der Waals surface area contributed by atoms with E-state index >= 15 is 0 Å². The van der Waals surface area contributed by atoms with E-state index in [-0.39, 0.29) is 5.41 Å². The summed E-state index contributed by atoms with van der Waals surface area (Å²) < 4.78 is 0. The molecule has 2 aromatic rings. The maximum atomic E-state index is 8.99. The van der Waals surface area contributed by atoms with Crippen molar-refractivity contribution in [3.8, 4) is 6.07 Å². The van der Waals surface area contributed by atoms with Crippen LogP contribution in [-0.2, 0) is 5.41 Å². The van der Waals surface area contributed by atoms with Crippen molar-refractivity contribution >= 4 is 23.1 Å². The number of anilines is 2. The first-order chi connectivity index (χ1) is 9.79. The predicted octanol–water partition coefficient (Wildman–Crippen LogP) is 4.35. The lowest BCUT2D eigenvalue weighted by molar-refractivity contribution is 0.546. The minimum Gasteiger partial charge on any atom is -0.340 e. The smallest absolute Gasteiger partial charge is 0.137 e. The Hall–Kier alpha value is -2.12. The molecule has 0 saturated carbocycles. The fourth-order valence-electron chi connectivity index (χ4n) is 1.78. The molecule has 0 amide bonds. The highest BCUT2D eigenvalue weighted by Gasteiger charge is 2.19. The zero-order valence-corrected chi connectivity index (χ0v) is 13.3. The summed E-state index contributed by atoms with van der Waals surface area (Å²) in [4.78, 5) is 8.77. The Balaban J connectivity index is 2.41. The molecule has 1 aromatic carbocycles. The molecule has 5 heteroatoms. The molecule has 0 aliphatic heterocycles. The zero-order valence-electron chi connectivity index (χ0n) is 12.5. The maximum absolute atomic E-state index is 8.99. The summed E-state index contributed by atoms with van der Waals surface area (Å²) >= 11 is 6.08. The Kier molecular flexibility index (Phi) is 4.15. The van der Waals surface area contributed by atoms with Crippen LogP contribution in [-0.4, -0.2) is 9.97 Å². The molecule has 0 radical (unpaired) electrons. The molecule has 0 aliphatic carbocycles. The molecule has 0 atom stereocenters. The highest BCUT2D eigenvalue weighted by atomic mass is 35.5. The Morgan fingerprint density at radius 3 is 2.52 bits per heavy atom. The number of aromatic nitrogens is 2. The number of hydrogen-bond donors (Lipinski definition) is 1. The lowest BCUT2D eigenvalue weighted by Crippen LogP contribution is -2.16. The van der Waals surface area contributed by atoms with Crippen molar-refractivity contribution in [1.82, 2.24) is 9.97 Å². The van der Waals surface area contributed by atoms with Gasteiger partial charge < -0.3 is 5.32 Å². The quantitative estimate of drug-likeness (QED) is 0.837. The van der Waals surface area contributed by atoms with Gasteiger partial charge in [-0.25, -0.2) is 9.97 Å².